The quantitative estimate of drug-likeness (QED) is 0.0551. The smallest absolute Gasteiger partial charge is 0.309 e. The zero-order valence-corrected chi connectivity index (χ0v) is 47.3. The number of rotatable bonds is 16. The second-order valence-electron chi connectivity index (χ2n) is 22.6. The molecule has 0 aromatic heterocycles. The molecule has 0 spiro atoms. The van der Waals surface area contributed by atoms with Crippen LogP contribution in [0.2, 0.25) is 0 Å². The lowest BCUT2D eigenvalue weighted by Crippen LogP contribution is -2.68. The Balaban J connectivity index is 1.37. The topological polar surface area (TPSA) is 374 Å². The lowest BCUT2D eigenvalue weighted by Gasteiger charge is -2.51. The lowest BCUT2D eigenvalue weighted by atomic mass is 9.95. The molecule has 2 bridgehead atoms. The zero-order valence-electron chi connectivity index (χ0n) is 47.3. The maximum Gasteiger partial charge on any atom is 0.309 e. The predicted molar refractivity (Wildman–Crippen MR) is 272 cm³/mol. The molecule has 0 aromatic rings. The fourth-order valence-corrected chi connectivity index (χ4v) is 10.6. The van der Waals surface area contributed by atoms with Gasteiger partial charge >= 0.3 is 17.9 Å². The molecule has 0 unspecified atom stereocenters. The molecular weight excluding hydrogens is 1060 g/mol. The summed E-state index contributed by atoms with van der Waals surface area (Å²) in [4.78, 5) is 40.4. The third-order valence-corrected chi connectivity index (χ3v) is 15.9. The molecule has 27 atom stereocenters. The van der Waals surface area contributed by atoms with Gasteiger partial charge in [0.05, 0.1) is 42.9 Å². The van der Waals surface area contributed by atoms with Gasteiger partial charge in [-0.25, -0.2) is 0 Å². The summed E-state index contributed by atoms with van der Waals surface area (Å²) < 4.78 is 80.0. The minimum atomic E-state index is -2.09. The van der Waals surface area contributed by atoms with Crippen LogP contribution in [-0.2, 0) is 76.0 Å². The molecule has 0 aromatic carbocycles. The van der Waals surface area contributed by atoms with Gasteiger partial charge in [-0.15, -0.1) is 0 Å². The highest BCUT2D eigenvalue weighted by atomic mass is 16.8. The summed E-state index contributed by atoms with van der Waals surface area (Å²) in [6.45, 7) is 12.0. The number of unbranched alkanes of at least 4 members (excludes halogenated alkanes) is 2. The normalized spacial score (nSPS) is 44.3. The fourth-order valence-electron chi connectivity index (χ4n) is 10.6. The molecule has 6 saturated heterocycles. The van der Waals surface area contributed by atoms with Crippen LogP contribution in [0, 0.1) is 11.8 Å². The van der Waals surface area contributed by atoms with Crippen LogP contribution in [0.3, 0.4) is 0 Å². The van der Waals surface area contributed by atoms with E-state index in [1.165, 1.54) is 27.7 Å². The summed E-state index contributed by atoms with van der Waals surface area (Å²) in [6, 6.07) is 0. The minimum absolute atomic E-state index is 0.0646. The van der Waals surface area contributed by atoms with Crippen molar-refractivity contribution in [3.05, 3.63) is 0 Å². The summed E-state index contributed by atoms with van der Waals surface area (Å²) in [7, 11) is 0. The van der Waals surface area contributed by atoms with Gasteiger partial charge in [-0.2, -0.15) is 0 Å². The van der Waals surface area contributed by atoms with Crippen molar-refractivity contribution in [2.75, 3.05) is 6.61 Å². The molecule has 6 aliphatic rings. The third-order valence-electron chi connectivity index (χ3n) is 15.9. The van der Waals surface area contributed by atoms with E-state index in [2.05, 4.69) is 6.92 Å². The fraction of sp³-hybridized carbons (Fsp3) is 0.944. The Bertz CT molecular complexity index is 1880. The molecule has 464 valence electrons. The van der Waals surface area contributed by atoms with E-state index in [-0.39, 0.29) is 18.9 Å². The standard InChI is InChI=1S/C54H92O26/c1-9-11-17-20-29-21-18-15-13-12-14-16-19-22-31(56)73-42-39(64)52(78-44-35(60)32(57)26(6)68-53(44)71-29)69-27(7)40(42)77-54-46(75-48(66)25(5)10-2)45(79-50-37(62)34(59)33(58)30(23-55)72-50)41(28(8)70-54)76-51-38(63)36(61)43(49(67)80-51)74-47(65)24(3)4/h24-30,32-46,49-55,57-64,67H,9-23H2,1-8H3/t25-,26+,27-,28-,29-,30+,32-,33+,34-,35-,36-,37+,38+,39+,40-,41-,42-,43+,44+,45+,46+,49+,50-,51+,52-,53-,54-/m0/s1. The van der Waals surface area contributed by atoms with Crippen molar-refractivity contribution in [2.24, 2.45) is 11.8 Å². The van der Waals surface area contributed by atoms with E-state index in [1.807, 2.05) is 0 Å². The molecule has 10 N–H and O–H groups in total. The monoisotopic (exact) mass is 1160 g/mol. The highest BCUT2D eigenvalue weighted by molar-refractivity contribution is 5.72. The molecule has 6 rings (SSSR count). The first kappa shape index (κ1) is 66.7. The van der Waals surface area contributed by atoms with Gasteiger partial charge in [0.1, 0.15) is 79.4 Å². The summed E-state index contributed by atoms with van der Waals surface area (Å²) in [6.07, 6.45) is -32.8. The highest BCUT2D eigenvalue weighted by Gasteiger charge is 2.59. The summed E-state index contributed by atoms with van der Waals surface area (Å²) >= 11 is 0. The van der Waals surface area contributed by atoms with Gasteiger partial charge in [-0.05, 0) is 46.5 Å². The maximum atomic E-state index is 14.0. The van der Waals surface area contributed by atoms with Crippen molar-refractivity contribution in [3.8, 4) is 0 Å². The molecule has 6 aliphatic heterocycles. The van der Waals surface area contributed by atoms with Gasteiger partial charge in [0.15, 0.2) is 56.1 Å². The van der Waals surface area contributed by atoms with Gasteiger partial charge in [0.2, 0.25) is 0 Å². The van der Waals surface area contributed by atoms with E-state index >= 15 is 0 Å². The number of aliphatic hydroxyl groups excluding tert-OH is 10. The van der Waals surface area contributed by atoms with E-state index in [9.17, 15) is 65.4 Å². The van der Waals surface area contributed by atoms with Crippen molar-refractivity contribution in [3.63, 3.8) is 0 Å². The molecule has 26 heteroatoms. The Hall–Kier alpha value is -2.39. The first-order valence-corrected chi connectivity index (χ1v) is 28.9. The molecule has 6 fully saturated rings. The van der Waals surface area contributed by atoms with Crippen molar-refractivity contribution in [1.29, 1.82) is 0 Å². The van der Waals surface area contributed by atoms with Crippen LogP contribution >= 0.6 is 0 Å². The summed E-state index contributed by atoms with van der Waals surface area (Å²) in [5.41, 5.74) is 0. The highest BCUT2D eigenvalue weighted by Crippen LogP contribution is 2.39. The van der Waals surface area contributed by atoms with Crippen LogP contribution in [0.1, 0.15) is 145 Å². The van der Waals surface area contributed by atoms with E-state index in [1.54, 1.807) is 20.8 Å². The average molecular weight is 1160 g/mol. The lowest BCUT2D eigenvalue weighted by molar-refractivity contribution is -0.406. The number of carbonyl (C=O) groups excluding carboxylic acids is 3. The van der Waals surface area contributed by atoms with Crippen molar-refractivity contribution in [2.45, 2.75) is 305 Å². The van der Waals surface area contributed by atoms with Crippen LogP contribution < -0.4 is 0 Å². The van der Waals surface area contributed by atoms with Gasteiger partial charge < -0.3 is 113 Å². The van der Waals surface area contributed by atoms with Crippen molar-refractivity contribution < 1.29 is 127 Å². The van der Waals surface area contributed by atoms with Crippen molar-refractivity contribution in [1.82, 2.24) is 0 Å². The molecule has 0 aliphatic carbocycles. The number of ether oxygens (including phenoxy) is 13. The minimum Gasteiger partial charge on any atom is -0.456 e. The second kappa shape index (κ2) is 31.1. The number of esters is 3. The maximum absolute atomic E-state index is 14.0. The number of hydrogen-bond donors (Lipinski definition) is 10. The van der Waals surface area contributed by atoms with Gasteiger partial charge in [-0.3, -0.25) is 14.4 Å². The van der Waals surface area contributed by atoms with Gasteiger partial charge in [-0.1, -0.05) is 92.4 Å². The molecule has 0 saturated carbocycles. The predicted octanol–water partition coefficient (Wildman–Crippen LogP) is -0.0318. The van der Waals surface area contributed by atoms with Gasteiger partial charge in [0.25, 0.3) is 0 Å². The Morgan fingerprint density at radius 2 is 1.14 bits per heavy atom. The number of hydrogen-bond acceptors (Lipinski definition) is 26. The van der Waals surface area contributed by atoms with Crippen LogP contribution in [0.4, 0.5) is 0 Å². The van der Waals surface area contributed by atoms with Gasteiger partial charge in [0, 0.05) is 6.42 Å². The molecule has 26 nitrogen and oxygen atoms in total. The summed E-state index contributed by atoms with van der Waals surface area (Å²) in [5.74, 6) is -3.95. The molecule has 0 amide bonds. The molecule has 6 heterocycles. The third kappa shape index (κ3) is 16.7. The Morgan fingerprint density at radius 3 is 1.80 bits per heavy atom. The molecule has 0 radical (unpaired) electrons. The number of aliphatic hydroxyl groups is 10. The van der Waals surface area contributed by atoms with Crippen LogP contribution in [0.15, 0.2) is 0 Å². The van der Waals surface area contributed by atoms with E-state index in [4.69, 9.17) is 61.6 Å². The van der Waals surface area contributed by atoms with E-state index in [0.717, 1.165) is 51.4 Å². The number of carbonyl (C=O) groups is 3. The first-order chi connectivity index (χ1) is 38.0. The van der Waals surface area contributed by atoms with E-state index < -0.39 is 190 Å². The van der Waals surface area contributed by atoms with Crippen LogP contribution in [0.25, 0.3) is 0 Å². The van der Waals surface area contributed by atoms with Crippen molar-refractivity contribution >= 4 is 17.9 Å². The van der Waals surface area contributed by atoms with Crippen LogP contribution in [0.5, 0.6) is 0 Å². The Labute approximate surface area is 467 Å². The Kier molecular flexibility index (Phi) is 26.0. The van der Waals surface area contributed by atoms with Crippen LogP contribution in [-0.4, -0.2) is 235 Å². The molecule has 80 heavy (non-hydrogen) atoms. The second-order valence-corrected chi connectivity index (χ2v) is 22.6. The SMILES string of the molecule is CCCCC[C@H]1CCCCCCCCCC(=O)O[C@H]2[C@@H](O)[C@H](O[C@H]3[C@H](O1)O[C@H](C)[C@H](O)[C@@H]3O)O[C@@H](C)[C@@H]2O[C@@H]1O[C@@H](C)[C@H](O[C@@H]2O[C@@H](O)[C@H](OC(=O)C(C)C)[C@@H](O)[C@H]2O)[C@@H](O[C@@H]2O[C@H](CO)[C@@H](O)[C@H](O)[C@H]2O)[C@H]1OC(=O)[C@@H](C)CC. The summed E-state index contributed by atoms with van der Waals surface area (Å²) in [5, 5.41) is 112. The van der Waals surface area contributed by atoms with E-state index in [0.29, 0.717) is 25.7 Å². The number of fused-ring (bicyclic) bond motifs is 3. The average Bonchev–Trinajstić information content (AvgIpc) is 3.47. The first-order valence-electron chi connectivity index (χ1n) is 28.9. The largest absolute Gasteiger partial charge is 0.456 e. The molecular formula is C54H92O26. The zero-order chi connectivity index (χ0) is 58.7. The Morgan fingerprint density at radius 1 is 0.537 bits per heavy atom.